The fourth-order valence-corrected chi connectivity index (χ4v) is 6.19. The number of anilines is 2. The van der Waals surface area contributed by atoms with Crippen LogP contribution in [0.2, 0.25) is 0 Å². The highest BCUT2D eigenvalue weighted by molar-refractivity contribution is 6.17. The Labute approximate surface area is 257 Å². The van der Waals surface area contributed by atoms with Gasteiger partial charge in [-0.2, -0.15) is 0 Å². The first-order valence-electron chi connectivity index (χ1n) is 15.1. The maximum atomic E-state index is 13.9. The van der Waals surface area contributed by atoms with Crippen LogP contribution in [-0.2, 0) is 20.7 Å². The summed E-state index contributed by atoms with van der Waals surface area (Å²) in [6.07, 6.45) is 2.62. The van der Waals surface area contributed by atoms with E-state index in [1.807, 2.05) is 61.6 Å². The minimum Gasteiger partial charge on any atom is -0.444 e. The molecular formula is C33H42N6O5. The molecule has 0 spiro atoms. The normalized spacial score (nSPS) is 21.1. The number of rotatable bonds is 7. The van der Waals surface area contributed by atoms with Crippen LogP contribution in [0, 0.1) is 5.92 Å². The van der Waals surface area contributed by atoms with E-state index in [1.165, 1.54) is 4.90 Å². The van der Waals surface area contributed by atoms with Crippen LogP contribution in [0.4, 0.5) is 21.0 Å². The maximum absolute atomic E-state index is 13.9. The molecule has 2 saturated heterocycles. The molecule has 0 radical (unpaired) electrons. The number of nitrogens with one attached hydrogen (secondary N) is 3. The number of aromatic amines is 1. The predicted octanol–water partition coefficient (Wildman–Crippen LogP) is 4.42. The van der Waals surface area contributed by atoms with Crippen LogP contribution in [-0.4, -0.2) is 78.2 Å². The summed E-state index contributed by atoms with van der Waals surface area (Å²) in [5.74, 6) is -1.27. The lowest BCUT2D eigenvalue weighted by Crippen LogP contribution is -2.69. The summed E-state index contributed by atoms with van der Waals surface area (Å²) in [6.45, 7) is 7.57. The van der Waals surface area contributed by atoms with Crippen molar-refractivity contribution in [1.29, 1.82) is 0 Å². The quantitative estimate of drug-likeness (QED) is 0.368. The average molecular weight is 603 g/mol. The van der Waals surface area contributed by atoms with Crippen LogP contribution in [0.15, 0.2) is 54.7 Å². The Bertz CT molecular complexity index is 1540. The second-order valence-corrected chi connectivity index (χ2v) is 12.9. The number of ether oxygens (including phenoxy) is 1. The third kappa shape index (κ3) is 6.36. The summed E-state index contributed by atoms with van der Waals surface area (Å²) >= 11 is 0. The number of para-hydroxylation sites is 1. The molecule has 11 heteroatoms. The summed E-state index contributed by atoms with van der Waals surface area (Å²) < 4.78 is 5.48. The fourth-order valence-electron chi connectivity index (χ4n) is 6.19. The van der Waals surface area contributed by atoms with Gasteiger partial charge < -0.3 is 30.2 Å². The van der Waals surface area contributed by atoms with Gasteiger partial charge in [0.25, 0.3) is 0 Å². The van der Waals surface area contributed by atoms with E-state index in [0.29, 0.717) is 25.1 Å². The third-order valence-corrected chi connectivity index (χ3v) is 8.30. The number of fused-ring (bicyclic) bond motifs is 2. The minimum absolute atomic E-state index is 0.223. The number of carbonyl (C=O) groups is 4. The van der Waals surface area contributed by atoms with Gasteiger partial charge in [0.1, 0.15) is 11.6 Å². The number of alkyl carbamates (subject to hydrolysis) is 1. The van der Waals surface area contributed by atoms with Crippen molar-refractivity contribution in [2.45, 2.75) is 70.7 Å². The van der Waals surface area contributed by atoms with E-state index in [9.17, 15) is 19.2 Å². The molecule has 2 aliphatic rings. The van der Waals surface area contributed by atoms with E-state index in [2.05, 4.69) is 15.6 Å². The lowest BCUT2D eigenvalue weighted by molar-refractivity contribution is -0.129. The number of hydrogen-bond acceptors (Lipinski definition) is 6. The molecule has 2 fully saturated rings. The topological polar surface area (TPSA) is 127 Å². The van der Waals surface area contributed by atoms with E-state index in [1.54, 1.807) is 44.7 Å². The first kappa shape index (κ1) is 30.9. The van der Waals surface area contributed by atoms with Crippen molar-refractivity contribution >= 4 is 46.2 Å². The van der Waals surface area contributed by atoms with Gasteiger partial charge in [-0.3, -0.25) is 9.59 Å². The number of hydrogen-bond donors (Lipinski definition) is 3. The fraction of sp³-hybridized carbons (Fsp3) is 0.455. The molecule has 2 aromatic carbocycles. The van der Waals surface area contributed by atoms with E-state index in [-0.39, 0.29) is 12.3 Å². The van der Waals surface area contributed by atoms with Gasteiger partial charge in [-0.15, -0.1) is 0 Å². The number of carbonyl (C=O) groups excluding carboxylic acids is 4. The molecule has 11 nitrogen and oxygen atoms in total. The molecule has 3 aromatic rings. The van der Waals surface area contributed by atoms with Gasteiger partial charge in [-0.25, -0.2) is 14.5 Å². The SMILES string of the molecule is C[C@H]1C(=O)N(c2ccc(N(C)C)cc2)C(=O)N2CCC[C@H](NC(=O)[C@H](Cc3c[nH]c4ccccc34)NC(=O)OC(C)(C)C)[C@@H]12. The Morgan fingerprint density at radius 2 is 1.80 bits per heavy atom. The molecule has 0 saturated carbocycles. The number of piperidine rings is 1. The number of aromatic nitrogens is 1. The average Bonchev–Trinajstić information content (AvgIpc) is 3.37. The standard InChI is InChI=1S/C33H42N6O5/c1-20-28-26(12-9-17-38(28)32(43)39(30(20)41)23-15-13-22(14-16-23)37(5)6)35-29(40)27(36-31(42)44-33(2,3)4)18-21-19-34-25-11-8-7-10-24(21)25/h7-8,10-11,13-16,19-20,26-28,34H,9,12,17-18H2,1-6H3,(H,35,40)(H,36,42)/t20-,26+,27+,28-/m1/s1. The van der Waals surface area contributed by atoms with Crippen LogP contribution in [0.5, 0.6) is 0 Å². The lowest BCUT2D eigenvalue weighted by atomic mass is 9.84. The molecular weight excluding hydrogens is 560 g/mol. The molecule has 0 aliphatic carbocycles. The number of amides is 5. The van der Waals surface area contributed by atoms with Crippen molar-refractivity contribution < 1.29 is 23.9 Å². The third-order valence-electron chi connectivity index (χ3n) is 8.30. The zero-order chi connectivity index (χ0) is 31.8. The molecule has 234 valence electrons. The van der Waals surface area contributed by atoms with E-state index in [0.717, 1.165) is 22.2 Å². The van der Waals surface area contributed by atoms with Crippen molar-refractivity contribution in [2.75, 3.05) is 30.4 Å². The van der Waals surface area contributed by atoms with Crippen LogP contribution in [0.1, 0.15) is 46.1 Å². The first-order valence-corrected chi connectivity index (χ1v) is 15.1. The van der Waals surface area contributed by atoms with Gasteiger partial charge in [-0.05, 0) is 69.5 Å². The first-order chi connectivity index (χ1) is 20.8. The van der Waals surface area contributed by atoms with Gasteiger partial charge in [0, 0.05) is 49.8 Å². The lowest BCUT2D eigenvalue weighted by Gasteiger charge is -2.49. The predicted molar refractivity (Wildman–Crippen MR) is 170 cm³/mol. The highest BCUT2D eigenvalue weighted by atomic mass is 16.6. The molecule has 2 aliphatic heterocycles. The summed E-state index contributed by atoms with van der Waals surface area (Å²) in [7, 11) is 3.85. The molecule has 5 amide bonds. The molecule has 1 aromatic heterocycles. The summed E-state index contributed by atoms with van der Waals surface area (Å²) in [5, 5.41) is 6.82. The number of benzene rings is 2. The molecule has 4 atom stereocenters. The molecule has 44 heavy (non-hydrogen) atoms. The van der Waals surface area contributed by atoms with Gasteiger partial charge in [0.15, 0.2) is 0 Å². The highest BCUT2D eigenvalue weighted by Crippen LogP contribution is 2.34. The number of H-pyrrole nitrogens is 1. The Kier molecular flexibility index (Phi) is 8.58. The van der Waals surface area contributed by atoms with Gasteiger partial charge in [-0.1, -0.05) is 25.1 Å². The molecule has 3 N–H and O–H groups in total. The Hall–Kier alpha value is -4.54. The smallest absolute Gasteiger partial charge is 0.408 e. The number of imide groups is 1. The number of urea groups is 1. The van der Waals surface area contributed by atoms with Crippen molar-refractivity contribution in [3.05, 3.63) is 60.3 Å². The molecule has 5 rings (SSSR count). The van der Waals surface area contributed by atoms with Crippen molar-refractivity contribution in [3.8, 4) is 0 Å². The van der Waals surface area contributed by atoms with Crippen LogP contribution >= 0.6 is 0 Å². The van der Waals surface area contributed by atoms with Crippen molar-refractivity contribution in [1.82, 2.24) is 20.5 Å². The van der Waals surface area contributed by atoms with E-state index < -0.39 is 47.7 Å². The molecule has 3 heterocycles. The summed E-state index contributed by atoms with van der Waals surface area (Å²) in [6, 6.07) is 12.7. The summed E-state index contributed by atoms with van der Waals surface area (Å²) in [4.78, 5) is 62.3. The molecule has 0 unspecified atom stereocenters. The molecule has 0 bridgehead atoms. The Morgan fingerprint density at radius 3 is 2.48 bits per heavy atom. The van der Waals surface area contributed by atoms with Gasteiger partial charge >= 0.3 is 12.1 Å². The van der Waals surface area contributed by atoms with Crippen LogP contribution in [0.25, 0.3) is 10.9 Å². The van der Waals surface area contributed by atoms with Gasteiger partial charge in [0.2, 0.25) is 11.8 Å². The van der Waals surface area contributed by atoms with Gasteiger partial charge in [0.05, 0.1) is 23.7 Å². The Morgan fingerprint density at radius 1 is 1.09 bits per heavy atom. The highest BCUT2D eigenvalue weighted by Gasteiger charge is 2.50. The van der Waals surface area contributed by atoms with Crippen molar-refractivity contribution in [3.63, 3.8) is 0 Å². The van der Waals surface area contributed by atoms with Crippen molar-refractivity contribution in [2.24, 2.45) is 5.92 Å². The largest absolute Gasteiger partial charge is 0.444 e. The van der Waals surface area contributed by atoms with Crippen LogP contribution < -0.4 is 20.4 Å². The number of nitrogens with zero attached hydrogens (tertiary/aromatic N) is 3. The van der Waals surface area contributed by atoms with E-state index >= 15 is 0 Å². The van der Waals surface area contributed by atoms with E-state index in [4.69, 9.17) is 4.74 Å². The van der Waals surface area contributed by atoms with Crippen LogP contribution in [0.3, 0.4) is 0 Å². The zero-order valence-corrected chi connectivity index (χ0v) is 26.2. The second-order valence-electron chi connectivity index (χ2n) is 12.9. The zero-order valence-electron chi connectivity index (χ0n) is 26.2. The Balaban J connectivity index is 1.36. The second kappa shape index (κ2) is 12.2. The maximum Gasteiger partial charge on any atom is 0.408 e. The minimum atomic E-state index is -0.948. The monoisotopic (exact) mass is 602 g/mol. The summed E-state index contributed by atoms with van der Waals surface area (Å²) in [5.41, 5.74) is 2.53.